The minimum absolute atomic E-state index is 0.879. The van der Waals surface area contributed by atoms with Crippen molar-refractivity contribution < 1.29 is 4.74 Å². The number of ether oxygens (including phenoxy) is 1. The van der Waals surface area contributed by atoms with E-state index in [2.05, 4.69) is 60.0 Å². The molecule has 0 unspecified atom stereocenters. The van der Waals surface area contributed by atoms with Crippen LogP contribution in [0.2, 0.25) is 0 Å². The molecule has 160 valence electrons. The van der Waals surface area contributed by atoms with Crippen LogP contribution >= 0.6 is 0 Å². The van der Waals surface area contributed by atoms with Gasteiger partial charge in [-0.3, -0.25) is 0 Å². The number of fused-ring (bicyclic) bond motifs is 1. The highest BCUT2D eigenvalue weighted by atomic mass is 16.5. The number of imidazole rings is 1. The number of hydrogen-bond acceptors (Lipinski definition) is 2. The summed E-state index contributed by atoms with van der Waals surface area (Å²) in [5.41, 5.74) is 3.45. The van der Waals surface area contributed by atoms with Crippen molar-refractivity contribution in [3.05, 3.63) is 59.9 Å². The highest BCUT2D eigenvalue weighted by Gasteiger charge is 2.08. The Labute approximate surface area is 181 Å². The monoisotopic (exact) mass is 404 g/mol. The lowest BCUT2D eigenvalue weighted by atomic mass is 10.1. The van der Waals surface area contributed by atoms with Gasteiger partial charge in [0.2, 0.25) is 0 Å². The quantitative estimate of drug-likeness (QED) is 0.272. The topological polar surface area (TPSA) is 27.1 Å². The third kappa shape index (κ3) is 6.48. The number of para-hydroxylation sites is 2. The van der Waals surface area contributed by atoms with Gasteiger partial charge in [-0.15, -0.1) is 0 Å². The molecule has 30 heavy (non-hydrogen) atoms. The van der Waals surface area contributed by atoms with Crippen LogP contribution in [0.15, 0.2) is 48.5 Å². The molecule has 3 nitrogen and oxygen atoms in total. The zero-order valence-electron chi connectivity index (χ0n) is 18.6. The molecule has 0 spiro atoms. The van der Waals surface area contributed by atoms with E-state index in [1.54, 1.807) is 7.11 Å². The van der Waals surface area contributed by atoms with Gasteiger partial charge in [0, 0.05) is 6.54 Å². The fraction of sp³-hybridized carbons (Fsp3) is 0.444. The second-order valence-electron chi connectivity index (χ2n) is 8.05. The number of benzene rings is 2. The van der Waals surface area contributed by atoms with E-state index in [-0.39, 0.29) is 0 Å². The van der Waals surface area contributed by atoms with Crippen molar-refractivity contribution in [3.8, 4) is 5.75 Å². The minimum atomic E-state index is 0.879. The molecule has 3 aromatic rings. The number of aryl methyl sites for hydroxylation is 1. The average molecular weight is 405 g/mol. The van der Waals surface area contributed by atoms with Crippen LogP contribution in [0, 0.1) is 0 Å². The Morgan fingerprint density at radius 2 is 1.47 bits per heavy atom. The molecule has 0 atom stereocenters. The van der Waals surface area contributed by atoms with E-state index in [4.69, 9.17) is 9.72 Å². The summed E-state index contributed by atoms with van der Waals surface area (Å²) in [6, 6.07) is 16.6. The van der Waals surface area contributed by atoms with Crippen LogP contribution in [0.1, 0.15) is 76.1 Å². The summed E-state index contributed by atoms with van der Waals surface area (Å²) in [4.78, 5) is 4.87. The largest absolute Gasteiger partial charge is 0.497 e. The van der Waals surface area contributed by atoms with Gasteiger partial charge in [0.15, 0.2) is 0 Å². The lowest BCUT2D eigenvalue weighted by Crippen LogP contribution is -2.00. The Morgan fingerprint density at radius 1 is 0.800 bits per heavy atom. The third-order valence-corrected chi connectivity index (χ3v) is 5.71. The van der Waals surface area contributed by atoms with Crippen LogP contribution in [-0.2, 0) is 6.54 Å². The third-order valence-electron chi connectivity index (χ3n) is 5.71. The van der Waals surface area contributed by atoms with Crippen molar-refractivity contribution in [2.75, 3.05) is 7.11 Å². The van der Waals surface area contributed by atoms with Gasteiger partial charge in [0.25, 0.3) is 0 Å². The van der Waals surface area contributed by atoms with E-state index >= 15 is 0 Å². The van der Waals surface area contributed by atoms with E-state index in [1.165, 1.54) is 63.3 Å². The van der Waals surface area contributed by atoms with E-state index in [1.807, 2.05) is 12.1 Å². The van der Waals surface area contributed by atoms with Gasteiger partial charge >= 0.3 is 0 Å². The molecule has 2 aromatic carbocycles. The molecular formula is C27H36N2O. The van der Waals surface area contributed by atoms with Gasteiger partial charge in [-0.05, 0) is 42.3 Å². The van der Waals surface area contributed by atoms with Crippen LogP contribution in [0.25, 0.3) is 23.2 Å². The highest BCUT2D eigenvalue weighted by Crippen LogP contribution is 2.20. The molecule has 0 saturated heterocycles. The maximum Gasteiger partial charge on any atom is 0.133 e. The lowest BCUT2D eigenvalue weighted by Gasteiger charge is -2.07. The van der Waals surface area contributed by atoms with Gasteiger partial charge in [-0.2, -0.15) is 0 Å². The first-order valence-electron chi connectivity index (χ1n) is 11.6. The maximum absolute atomic E-state index is 5.25. The summed E-state index contributed by atoms with van der Waals surface area (Å²) < 4.78 is 7.62. The van der Waals surface area contributed by atoms with Crippen LogP contribution in [-0.4, -0.2) is 16.7 Å². The van der Waals surface area contributed by atoms with Crippen molar-refractivity contribution in [3.63, 3.8) is 0 Å². The molecule has 1 aromatic heterocycles. The van der Waals surface area contributed by atoms with Crippen molar-refractivity contribution in [1.29, 1.82) is 0 Å². The molecule has 3 rings (SSSR count). The van der Waals surface area contributed by atoms with Gasteiger partial charge in [0.1, 0.15) is 11.6 Å². The lowest BCUT2D eigenvalue weighted by molar-refractivity contribution is 0.415. The summed E-state index contributed by atoms with van der Waals surface area (Å²) in [6.07, 6.45) is 16.4. The second-order valence-corrected chi connectivity index (χ2v) is 8.05. The first kappa shape index (κ1) is 22.1. The zero-order chi connectivity index (χ0) is 21.0. The molecule has 0 aliphatic rings. The predicted molar refractivity (Wildman–Crippen MR) is 129 cm³/mol. The fourth-order valence-corrected chi connectivity index (χ4v) is 3.92. The molecule has 0 radical (unpaired) electrons. The Kier molecular flexibility index (Phi) is 9.02. The first-order valence-corrected chi connectivity index (χ1v) is 11.6. The molecule has 0 saturated carbocycles. The number of nitrogens with zero attached hydrogens (tertiary/aromatic N) is 2. The molecule has 0 aliphatic carbocycles. The number of aromatic nitrogens is 2. The van der Waals surface area contributed by atoms with Gasteiger partial charge in [-0.25, -0.2) is 4.98 Å². The smallest absolute Gasteiger partial charge is 0.133 e. The Hall–Kier alpha value is -2.55. The number of rotatable bonds is 13. The number of unbranched alkanes of at least 4 members (excludes halogenated alkanes) is 8. The molecule has 0 amide bonds. The van der Waals surface area contributed by atoms with E-state index in [0.717, 1.165) is 29.2 Å². The molecule has 3 heteroatoms. The highest BCUT2D eigenvalue weighted by molar-refractivity contribution is 5.79. The van der Waals surface area contributed by atoms with Crippen molar-refractivity contribution in [2.45, 2.75) is 71.3 Å². The average Bonchev–Trinajstić information content (AvgIpc) is 3.14. The standard InChI is InChI=1S/C27H36N2O/c1-3-4-5-6-7-8-9-10-13-22-29-26-15-12-11-14-25(26)28-27(29)21-18-23-16-19-24(30-2)20-17-23/h11-12,14-21H,3-10,13,22H2,1-2H3/b21-18+. The molecule has 0 N–H and O–H groups in total. The minimum Gasteiger partial charge on any atom is -0.497 e. The Bertz CT molecular complexity index is 908. The van der Waals surface area contributed by atoms with E-state index < -0.39 is 0 Å². The predicted octanol–water partition coefficient (Wildman–Crippen LogP) is 7.75. The first-order chi connectivity index (χ1) is 14.8. The van der Waals surface area contributed by atoms with Crippen molar-refractivity contribution in [2.24, 2.45) is 0 Å². The van der Waals surface area contributed by atoms with Crippen molar-refractivity contribution >= 4 is 23.2 Å². The molecule has 1 heterocycles. The van der Waals surface area contributed by atoms with Gasteiger partial charge in [-0.1, -0.05) is 88.6 Å². The van der Waals surface area contributed by atoms with Crippen LogP contribution < -0.4 is 4.74 Å². The second kappa shape index (κ2) is 12.2. The summed E-state index contributed by atoms with van der Waals surface area (Å²) >= 11 is 0. The molecule has 0 bridgehead atoms. The normalized spacial score (nSPS) is 11.5. The fourth-order valence-electron chi connectivity index (χ4n) is 3.92. The summed E-state index contributed by atoms with van der Waals surface area (Å²) in [6.45, 7) is 3.30. The summed E-state index contributed by atoms with van der Waals surface area (Å²) in [5, 5.41) is 0. The number of hydrogen-bond donors (Lipinski definition) is 0. The molecule has 0 aliphatic heterocycles. The van der Waals surface area contributed by atoms with E-state index in [9.17, 15) is 0 Å². The van der Waals surface area contributed by atoms with Crippen LogP contribution in [0.5, 0.6) is 5.75 Å². The molecular weight excluding hydrogens is 368 g/mol. The molecule has 0 fully saturated rings. The van der Waals surface area contributed by atoms with Crippen molar-refractivity contribution in [1.82, 2.24) is 9.55 Å². The summed E-state index contributed by atoms with van der Waals surface area (Å²) in [7, 11) is 1.69. The Balaban J connectivity index is 1.58. The van der Waals surface area contributed by atoms with Crippen LogP contribution in [0.4, 0.5) is 0 Å². The SMILES string of the molecule is CCCCCCCCCCCn1c(/C=C/c2ccc(OC)cc2)nc2ccccc21. The van der Waals surface area contributed by atoms with Crippen LogP contribution in [0.3, 0.4) is 0 Å². The Morgan fingerprint density at radius 3 is 2.17 bits per heavy atom. The zero-order valence-corrected chi connectivity index (χ0v) is 18.6. The summed E-state index contributed by atoms with van der Waals surface area (Å²) in [5.74, 6) is 1.91. The van der Waals surface area contributed by atoms with Gasteiger partial charge in [0.05, 0.1) is 18.1 Å². The maximum atomic E-state index is 5.25. The number of methoxy groups -OCH3 is 1. The van der Waals surface area contributed by atoms with E-state index in [0.29, 0.717) is 0 Å². The van der Waals surface area contributed by atoms with Gasteiger partial charge < -0.3 is 9.30 Å².